The topological polar surface area (TPSA) is 42.2 Å². The molecule has 0 radical (unpaired) electrons. The van der Waals surface area contributed by atoms with Crippen LogP contribution in [0.2, 0.25) is 0 Å². The van der Waals surface area contributed by atoms with Gasteiger partial charge in [0.15, 0.2) is 0 Å². The minimum atomic E-state index is -0.205. The number of halogens is 1. The van der Waals surface area contributed by atoms with Crippen molar-refractivity contribution < 1.29 is 8.81 Å². The Morgan fingerprint density at radius 2 is 2.07 bits per heavy atom. The molecule has 5 heteroatoms. The number of likely N-dealkylation sites (N-methyl/N-ethyl adjacent to an activating group) is 1. The number of furan rings is 1. The molecule has 4 aromatic rings. The molecule has 134 valence electrons. The van der Waals surface area contributed by atoms with Crippen molar-refractivity contribution in [1.29, 1.82) is 0 Å². The zero-order valence-corrected chi connectivity index (χ0v) is 14.9. The second kappa shape index (κ2) is 6.28. The highest BCUT2D eigenvalue weighted by Gasteiger charge is 2.29. The zero-order chi connectivity index (χ0) is 18.4. The SMILES string of the molecule is CN1Cc2c(ccc(-c3cnccn3)c2F)C(c2ccc3ccoc3c2)C1. The lowest BCUT2D eigenvalue weighted by atomic mass is 9.83. The van der Waals surface area contributed by atoms with E-state index in [1.54, 1.807) is 24.9 Å². The summed E-state index contributed by atoms with van der Waals surface area (Å²) in [7, 11) is 2.02. The first kappa shape index (κ1) is 16.1. The van der Waals surface area contributed by atoms with E-state index in [1.165, 1.54) is 0 Å². The molecule has 1 unspecified atom stereocenters. The normalized spacial score (nSPS) is 17.2. The van der Waals surface area contributed by atoms with Crippen molar-refractivity contribution in [2.45, 2.75) is 12.5 Å². The van der Waals surface area contributed by atoms with Crippen LogP contribution < -0.4 is 0 Å². The molecule has 0 fully saturated rings. The Bertz CT molecular complexity index is 1120. The summed E-state index contributed by atoms with van der Waals surface area (Å²) >= 11 is 0. The van der Waals surface area contributed by atoms with Gasteiger partial charge in [-0.2, -0.15) is 0 Å². The Morgan fingerprint density at radius 1 is 1.15 bits per heavy atom. The minimum absolute atomic E-state index is 0.0960. The number of aromatic nitrogens is 2. The van der Waals surface area contributed by atoms with E-state index in [9.17, 15) is 0 Å². The molecule has 0 N–H and O–H groups in total. The highest BCUT2D eigenvalue weighted by molar-refractivity contribution is 5.78. The summed E-state index contributed by atoms with van der Waals surface area (Å²) in [5.41, 5.74) is 4.81. The Kier molecular flexibility index (Phi) is 3.76. The molecule has 27 heavy (non-hydrogen) atoms. The summed E-state index contributed by atoms with van der Waals surface area (Å²) in [6, 6.07) is 12.0. The second-order valence-corrected chi connectivity index (χ2v) is 7.05. The van der Waals surface area contributed by atoms with Gasteiger partial charge in [0.1, 0.15) is 11.4 Å². The number of benzene rings is 2. The van der Waals surface area contributed by atoms with E-state index in [-0.39, 0.29) is 11.7 Å². The number of nitrogens with zero attached hydrogens (tertiary/aromatic N) is 3. The maximum Gasteiger partial charge on any atom is 0.137 e. The predicted molar refractivity (Wildman–Crippen MR) is 102 cm³/mol. The Hall–Kier alpha value is -3.05. The second-order valence-electron chi connectivity index (χ2n) is 7.05. The monoisotopic (exact) mass is 359 g/mol. The summed E-state index contributed by atoms with van der Waals surface area (Å²) in [4.78, 5) is 10.5. The third kappa shape index (κ3) is 2.71. The van der Waals surface area contributed by atoms with Crippen molar-refractivity contribution in [1.82, 2.24) is 14.9 Å². The van der Waals surface area contributed by atoms with Crippen LogP contribution >= 0.6 is 0 Å². The molecule has 0 bridgehead atoms. The van der Waals surface area contributed by atoms with Crippen molar-refractivity contribution in [3.8, 4) is 11.3 Å². The van der Waals surface area contributed by atoms with Gasteiger partial charge in [0.2, 0.25) is 0 Å². The first-order valence-electron chi connectivity index (χ1n) is 8.94. The van der Waals surface area contributed by atoms with Gasteiger partial charge in [0.25, 0.3) is 0 Å². The maximum atomic E-state index is 15.4. The molecule has 1 aliphatic rings. The van der Waals surface area contributed by atoms with Gasteiger partial charge < -0.3 is 9.32 Å². The maximum absolute atomic E-state index is 15.4. The number of hydrogen-bond donors (Lipinski definition) is 0. The lowest BCUT2D eigenvalue weighted by Gasteiger charge is -2.33. The van der Waals surface area contributed by atoms with E-state index in [4.69, 9.17) is 4.42 Å². The van der Waals surface area contributed by atoms with Gasteiger partial charge in [-0.25, -0.2) is 4.39 Å². The van der Waals surface area contributed by atoms with Gasteiger partial charge in [0, 0.05) is 47.9 Å². The van der Waals surface area contributed by atoms with E-state index in [1.807, 2.05) is 25.2 Å². The van der Waals surface area contributed by atoms with E-state index < -0.39 is 0 Å². The van der Waals surface area contributed by atoms with Crippen molar-refractivity contribution in [2.24, 2.45) is 0 Å². The van der Waals surface area contributed by atoms with Crippen molar-refractivity contribution in [2.75, 3.05) is 13.6 Å². The fourth-order valence-corrected chi connectivity index (χ4v) is 3.98. The predicted octanol–water partition coefficient (Wildman–Crippen LogP) is 4.61. The molecular weight excluding hydrogens is 341 g/mol. The molecule has 0 saturated heterocycles. The molecule has 5 rings (SSSR count). The van der Waals surface area contributed by atoms with Crippen LogP contribution in [-0.2, 0) is 6.54 Å². The summed E-state index contributed by atoms with van der Waals surface area (Å²) < 4.78 is 21.0. The standard InChI is InChI=1S/C22H18FN3O/c1-26-12-18(15-3-2-14-6-9-27-21(14)10-15)16-4-5-17(22(23)19(16)13-26)20-11-24-7-8-25-20/h2-11,18H,12-13H2,1H3. The molecule has 2 aromatic carbocycles. The highest BCUT2D eigenvalue weighted by Crippen LogP contribution is 2.38. The van der Waals surface area contributed by atoms with Crippen molar-refractivity contribution in [3.05, 3.63) is 83.8 Å². The molecule has 4 nitrogen and oxygen atoms in total. The molecule has 2 aromatic heterocycles. The zero-order valence-electron chi connectivity index (χ0n) is 14.9. The van der Waals surface area contributed by atoms with E-state index in [0.717, 1.165) is 34.2 Å². The quantitative estimate of drug-likeness (QED) is 0.524. The van der Waals surface area contributed by atoms with Crippen LogP contribution in [0.3, 0.4) is 0 Å². The number of rotatable bonds is 2. The van der Waals surface area contributed by atoms with E-state index in [2.05, 4.69) is 33.1 Å². The van der Waals surface area contributed by atoms with Crippen LogP contribution in [0.4, 0.5) is 4.39 Å². The van der Waals surface area contributed by atoms with Gasteiger partial charge in [-0.05, 0) is 36.4 Å². The molecule has 0 spiro atoms. The third-order valence-corrected chi connectivity index (χ3v) is 5.30. The van der Waals surface area contributed by atoms with Gasteiger partial charge in [-0.1, -0.05) is 18.2 Å². The first-order valence-corrected chi connectivity index (χ1v) is 8.94. The van der Waals surface area contributed by atoms with Crippen LogP contribution in [0, 0.1) is 5.82 Å². The molecule has 0 aliphatic carbocycles. The molecule has 1 atom stereocenters. The lowest BCUT2D eigenvalue weighted by molar-refractivity contribution is 0.289. The number of hydrogen-bond acceptors (Lipinski definition) is 4. The molecule has 0 amide bonds. The fraction of sp³-hybridized carbons (Fsp3) is 0.182. The molecular formula is C22H18FN3O. The van der Waals surface area contributed by atoms with E-state index in [0.29, 0.717) is 17.8 Å². The Morgan fingerprint density at radius 3 is 2.93 bits per heavy atom. The fourth-order valence-electron chi connectivity index (χ4n) is 3.98. The average Bonchev–Trinajstić information content (AvgIpc) is 3.17. The van der Waals surface area contributed by atoms with Crippen LogP contribution in [0.25, 0.3) is 22.2 Å². The molecule has 0 saturated carbocycles. The largest absolute Gasteiger partial charge is 0.464 e. The molecule has 1 aliphatic heterocycles. The van der Waals surface area contributed by atoms with Crippen LogP contribution in [0.1, 0.15) is 22.6 Å². The van der Waals surface area contributed by atoms with Crippen LogP contribution in [-0.4, -0.2) is 28.5 Å². The summed E-state index contributed by atoms with van der Waals surface area (Å²) in [6.45, 7) is 1.41. The van der Waals surface area contributed by atoms with Crippen molar-refractivity contribution >= 4 is 11.0 Å². The third-order valence-electron chi connectivity index (χ3n) is 5.30. The lowest BCUT2D eigenvalue weighted by Crippen LogP contribution is -2.31. The van der Waals surface area contributed by atoms with Gasteiger partial charge >= 0.3 is 0 Å². The number of fused-ring (bicyclic) bond motifs is 2. The van der Waals surface area contributed by atoms with Crippen molar-refractivity contribution in [3.63, 3.8) is 0 Å². The van der Waals surface area contributed by atoms with Crippen LogP contribution in [0.5, 0.6) is 0 Å². The summed E-state index contributed by atoms with van der Waals surface area (Å²) in [6.07, 6.45) is 6.47. The summed E-state index contributed by atoms with van der Waals surface area (Å²) in [5.74, 6) is -0.109. The van der Waals surface area contributed by atoms with Gasteiger partial charge in [0.05, 0.1) is 18.2 Å². The Balaban J connectivity index is 1.64. The van der Waals surface area contributed by atoms with E-state index >= 15 is 4.39 Å². The first-order chi connectivity index (χ1) is 13.2. The summed E-state index contributed by atoms with van der Waals surface area (Å²) in [5, 5.41) is 1.08. The minimum Gasteiger partial charge on any atom is -0.464 e. The average molecular weight is 359 g/mol. The van der Waals surface area contributed by atoms with Crippen LogP contribution in [0.15, 0.2) is 65.7 Å². The molecule has 3 heterocycles. The smallest absolute Gasteiger partial charge is 0.137 e. The van der Waals surface area contributed by atoms with Gasteiger partial charge in [-0.3, -0.25) is 9.97 Å². The Labute approximate surface area is 156 Å². The van der Waals surface area contributed by atoms with Gasteiger partial charge in [-0.15, -0.1) is 0 Å². The highest BCUT2D eigenvalue weighted by atomic mass is 19.1.